The van der Waals surface area contributed by atoms with Gasteiger partial charge in [-0.2, -0.15) is 0 Å². The number of carbonyl (C=O) groups is 1. The van der Waals surface area contributed by atoms with Crippen LogP contribution in [0.4, 0.5) is 0 Å². The second-order valence-electron chi connectivity index (χ2n) is 5.77. The van der Waals surface area contributed by atoms with Crippen LogP contribution in [0.1, 0.15) is 19.2 Å². The SMILES string of the molecule is CC1CNCCN1C(=O)CCc1ncc(-c2ccc(Cl)cc2)o1. The summed E-state index contributed by atoms with van der Waals surface area (Å²) in [6, 6.07) is 7.65. The quantitative estimate of drug-likeness (QED) is 0.934. The summed E-state index contributed by atoms with van der Waals surface area (Å²) in [7, 11) is 0. The smallest absolute Gasteiger partial charge is 0.223 e. The Morgan fingerprint density at radius 2 is 2.22 bits per heavy atom. The molecule has 1 aliphatic rings. The van der Waals surface area contributed by atoms with Crippen molar-refractivity contribution in [2.45, 2.75) is 25.8 Å². The van der Waals surface area contributed by atoms with E-state index in [0.717, 1.165) is 25.2 Å². The van der Waals surface area contributed by atoms with Gasteiger partial charge in [0.15, 0.2) is 11.7 Å². The van der Waals surface area contributed by atoms with Crippen molar-refractivity contribution in [1.29, 1.82) is 0 Å². The van der Waals surface area contributed by atoms with Gasteiger partial charge in [-0.05, 0) is 31.2 Å². The Hall–Kier alpha value is -1.85. The molecule has 5 nitrogen and oxygen atoms in total. The first kappa shape index (κ1) is 16.0. The van der Waals surface area contributed by atoms with Crippen LogP contribution in [0.3, 0.4) is 0 Å². The predicted molar refractivity (Wildman–Crippen MR) is 89.3 cm³/mol. The van der Waals surface area contributed by atoms with Gasteiger partial charge in [-0.25, -0.2) is 4.98 Å². The first-order valence-corrected chi connectivity index (χ1v) is 8.22. The second kappa shape index (κ2) is 7.15. The highest BCUT2D eigenvalue weighted by molar-refractivity contribution is 6.30. The molecule has 1 aliphatic heterocycles. The fourth-order valence-corrected chi connectivity index (χ4v) is 2.87. The van der Waals surface area contributed by atoms with Gasteiger partial charge in [0.25, 0.3) is 0 Å². The highest BCUT2D eigenvalue weighted by Crippen LogP contribution is 2.22. The molecule has 1 saturated heterocycles. The third-order valence-corrected chi connectivity index (χ3v) is 4.31. The van der Waals surface area contributed by atoms with Gasteiger partial charge in [-0.3, -0.25) is 4.79 Å². The van der Waals surface area contributed by atoms with Crippen LogP contribution in [0, 0.1) is 0 Å². The van der Waals surface area contributed by atoms with Gasteiger partial charge in [0, 0.05) is 49.1 Å². The number of aryl methyl sites for hydroxylation is 1. The number of amides is 1. The Bertz CT molecular complexity index is 669. The Kier molecular flexibility index (Phi) is 4.98. The average molecular weight is 334 g/mol. The monoisotopic (exact) mass is 333 g/mol. The largest absolute Gasteiger partial charge is 0.441 e. The fourth-order valence-electron chi connectivity index (χ4n) is 2.74. The molecule has 2 heterocycles. The van der Waals surface area contributed by atoms with Crippen LogP contribution in [0.2, 0.25) is 5.02 Å². The molecule has 1 atom stereocenters. The van der Waals surface area contributed by atoms with Crippen LogP contribution in [-0.4, -0.2) is 41.5 Å². The van der Waals surface area contributed by atoms with Crippen molar-refractivity contribution < 1.29 is 9.21 Å². The summed E-state index contributed by atoms with van der Waals surface area (Å²) in [6.45, 7) is 4.54. The van der Waals surface area contributed by atoms with Crippen LogP contribution in [0.5, 0.6) is 0 Å². The molecule has 1 unspecified atom stereocenters. The van der Waals surface area contributed by atoms with E-state index in [1.54, 1.807) is 6.20 Å². The third-order valence-electron chi connectivity index (χ3n) is 4.06. The Labute approximate surface area is 140 Å². The molecule has 3 rings (SSSR count). The number of oxazole rings is 1. The van der Waals surface area contributed by atoms with Crippen molar-refractivity contribution in [2.75, 3.05) is 19.6 Å². The summed E-state index contributed by atoms with van der Waals surface area (Å²) in [5.74, 6) is 1.44. The van der Waals surface area contributed by atoms with Crippen LogP contribution in [0.25, 0.3) is 11.3 Å². The van der Waals surface area contributed by atoms with E-state index >= 15 is 0 Å². The summed E-state index contributed by atoms with van der Waals surface area (Å²) >= 11 is 5.88. The molecule has 6 heteroatoms. The van der Waals surface area contributed by atoms with E-state index in [4.69, 9.17) is 16.0 Å². The van der Waals surface area contributed by atoms with E-state index < -0.39 is 0 Å². The van der Waals surface area contributed by atoms with Crippen LogP contribution in [-0.2, 0) is 11.2 Å². The summed E-state index contributed by atoms with van der Waals surface area (Å²) in [5.41, 5.74) is 0.926. The summed E-state index contributed by atoms with van der Waals surface area (Å²) in [6.07, 6.45) is 2.63. The Balaban J connectivity index is 1.58. The number of hydrogen-bond donors (Lipinski definition) is 1. The van der Waals surface area contributed by atoms with Gasteiger partial charge in [-0.15, -0.1) is 0 Å². The molecule has 0 aliphatic carbocycles. The average Bonchev–Trinajstić information content (AvgIpc) is 3.03. The standard InChI is InChI=1S/C17H20ClN3O2/c1-12-10-19-8-9-21(12)17(22)7-6-16-20-11-15(23-16)13-2-4-14(18)5-3-13/h2-5,11-12,19H,6-10H2,1H3. The number of nitrogens with one attached hydrogen (secondary N) is 1. The zero-order chi connectivity index (χ0) is 16.2. The van der Waals surface area contributed by atoms with E-state index in [9.17, 15) is 4.79 Å². The molecular weight excluding hydrogens is 314 g/mol. The van der Waals surface area contributed by atoms with Crippen molar-refractivity contribution in [3.05, 3.63) is 41.4 Å². The highest BCUT2D eigenvalue weighted by atomic mass is 35.5. The van der Waals surface area contributed by atoms with Crippen LogP contribution < -0.4 is 5.32 Å². The lowest BCUT2D eigenvalue weighted by Crippen LogP contribution is -2.52. The number of halogens is 1. The molecular formula is C17H20ClN3O2. The van der Waals surface area contributed by atoms with E-state index in [-0.39, 0.29) is 11.9 Å². The third kappa shape index (κ3) is 3.92. The maximum Gasteiger partial charge on any atom is 0.223 e. The predicted octanol–water partition coefficient (Wildman–Crippen LogP) is 2.75. The minimum absolute atomic E-state index is 0.158. The zero-order valence-corrected chi connectivity index (χ0v) is 13.8. The fraction of sp³-hybridized carbons (Fsp3) is 0.412. The minimum Gasteiger partial charge on any atom is -0.441 e. The maximum atomic E-state index is 12.3. The molecule has 1 aromatic carbocycles. The van der Waals surface area contributed by atoms with Crippen molar-refractivity contribution >= 4 is 17.5 Å². The maximum absolute atomic E-state index is 12.3. The molecule has 0 bridgehead atoms. The summed E-state index contributed by atoms with van der Waals surface area (Å²) < 4.78 is 5.74. The number of aromatic nitrogens is 1. The lowest BCUT2D eigenvalue weighted by atomic mass is 10.2. The summed E-state index contributed by atoms with van der Waals surface area (Å²) in [4.78, 5) is 18.5. The molecule has 1 aromatic heterocycles. The lowest BCUT2D eigenvalue weighted by molar-refractivity contribution is -0.134. The molecule has 122 valence electrons. The molecule has 1 fully saturated rings. The van der Waals surface area contributed by atoms with Gasteiger partial charge in [0.2, 0.25) is 5.91 Å². The van der Waals surface area contributed by atoms with Crippen LogP contribution in [0.15, 0.2) is 34.9 Å². The lowest BCUT2D eigenvalue weighted by Gasteiger charge is -2.34. The van der Waals surface area contributed by atoms with E-state index in [2.05, 4.69) is 17.2 Å². The van der Waals surface area contributed by atoms with E-state index in [0.29, 0.717) is 29.5 Å². The highest BCUT2D eigenvalue weighted by Gasteiger charge is 2.22. The topological polar surface area (TPSA) is 58.4 Å². The minimum atomic E-state index is 0.158. The van der Waals surface area contributed by atoms with Gasteiger partial charge < -0.3 is 14.6 Å². The number of piperazine rings is 1. The number of hydrogen-bond acceptors (Lipinski definition) is 4. The van der Waals surface area contributed by atoms with Crippen molar-refractivity contribution in [3.8, 4) is 11.3 Å². The first-order valence-electron chi connectivity index (χ1n) is 7.84. The van der Waals surface area contributed by atoms with Gasteiger partial charge >= 0.3 is 0 Å². The normalized spacial score (nSPS) is 18.2. The van der Waals surface area contributed by atoms with Crippen molar-refractivity contribution in [1.82, 2.24) is 15.2 Å². The molecule has 0 spiro atoms. The molecule has 0 radical (unpaired) electrons. The molecule has 2 aromatic rings. The number of benzene rings is 1. The van der Waals surface area contributed by atoms with Gasteiger partial charge in [0.1, 0.15) is 0 Å². The number of rotatable bonds is 4. The molecule has 1 N–H and O–H groups in total. The number of carbonyl (C=O) groups excluding carboxylic acids is 1. The molecule has 1 amide bonds. The van der Waals surface area contributed by atoms with Gasteiger partial charge in [0.05, 0.1) is 6.20 Å². The Morgan fingerprint density at radius 1 is 1.43 bits per heavy atom. The molecule has 23 heavy (non-hydrogen) atoms. The Morgan fingerprint density at radius 3 is 2.96 bits per heavy atom. The van der Waals surface area contributed by atoms with Crippen molar-refractivity contribution in [3.63, 3.8) is 0 Å². The molecule has 0 saturated carbocycles. The summed E-state index contributed by atoms with van der Waals surface area (Å²) in [5, 5.41) is 3.97. The number of nitrogens with zero attached hydrogens (tertiary/aromatic N) is 2. The van der Waals surface area contributed by atoms with E-state index in [1.165, 1.54) is 0 Å². The van der Waals surface area contributed by atoms with Crippen LogP contribution >= 0.6 is 11.6 Å². The van der Waals surface area contributed by atoms with E-state index in [1.807, 2.05) is 29.2 Å². The second-order valence-corrected chi connectivity index (χ2v) is 6.20. The first-order chi connectivity index (χ1) is 11.1. The van der Waals surface area contributed by atoms with Crippen molar-refractivity contribution in [2.24, 2.45) is 0 Å². The zero-order valence-electron chi connectivity index (χ0n) is 13.1. The van der Waals surface area contributed by atoms with Gasteiger partial charge in [-0.1, -0.05) is 11.6 Å².